The molecule has 1 aliphatic heterocycles. The van der Waals surface area contributed by atoms with Crippen LogP contribution in [0.25, 0.3) is 6.08 Å². The molecule has 0 bridgehead atoms. The second-order valence-electron chi connectivity index (χ2n) is 7.42. The summed E-state index contributed by atoms with van der Waals surface area (Å²) in [5, 5.41) is 18.4. The van der Waals surface area contributed by atoms with E-state index in [1.807, 2.05) is 64.1 Å². The summed E-state index contributed by atoms with van der Waals surface area (Å²) >= 11 is 0. The van der Waals surface area contributed by atoms with Crippen molar-refractivity contribution in [3.8, 4) is 0 Å². The van der Waals surface area contributed by atoms with Crippen molar-refractivity contribution in [1.29, 1.82) is 0 Å². The summed E-state index contributed by atoms with van der Waals surface area (Å²) in [6.45, 7) is 7.71. The van der Waals surface area contributed by atoms with Gasteiger partial charge in [0.1, 0.15) is 0 Å². The van der Waals surface area contributed by atoms with Crippen LogP contribution in [-0.2, 0) is 9.47 Å². The number of aliphatic hydroxyl groups excluding tert-OH is 1. The lowest BCUT2D eigenvalue weighted by molar-refractivity contribution is -0.145. The Bertz CT molecular complexity index is 718. The van der Waals surface area contributed by atoms with Crippen LogP contribution in [0.1, 0.15) is 60.2 Å². The first kappa shape index (κ1) is 21.4. The summed E-state index contributed by atoms with van der Waals surface area (Å²) in [6, 6.07) is 3.77. The van der Waals surface area contributed by atoms with Crippen molar-refractivity contribution in [2.45, 2.75) is 65.0 Å². The van der Waals surface area contributed by atoms with Crippen LogP contribution in [0.5, 0.6) is 0 Å². The van der Waals surface area contributed by atoms with Crippen molar-refractivity contribution >= 4 is 12.0 Å². The minimum atomic E-state index is -0.916. The van der Waals surface area contributed by atoms with Crippen molar-refractivity contribution < 1.29 is 24.5 Å². The van der Waals surface area contributed by atoms with Gasteiger partial charge < -0.3 is 19.7 Å². The number of carboxylic acid groups (broad SMARTS) is 1. The van der Waals surface area contributed by atoms with E-state index in [2.05, 4.69) is 0 Å². The molecule has 0 radical (unpaired) electrons. The lowest BCUT2D eigenvalue weighted by Gasteiger charge is -2.16. The Morgan fingerprint density at radius 1 is 1.11 bits per heavy atom. The number of carbonyl (C=O) groups is 1. The zero-order valence-electron chi connectivity index (χ0n) is 16.6. The number of hydrogen-bond acceptors (Lipinski definition) is 4. The maximum Gasteiger partial charge on any atom is 0.336 e. The van der Waals surface area contributed by atoms with E-state index in [1.165, 1.54) is 0 Å². The Morgan fingerprint density at radius 3 is 2.33 bits per heavy atom. The molecular formula is C22H30O5. The number of benzene rings is 1. The molecule has 0 amide bonds. The molecule has 1 fully saturated rings. The third-order valence-corrected chi connectivity index (χ3v) is 4.51. The average Bonchev–Trinajstić information content (AvgIpc) is 2.84. The molecule has 0 aromatic heterocycles. The van der Waals surface area contributed by atoms with Gasteiger partial charge in [-0.1, -0.05) is 42.0 Å². The number of aliphatic hydroxyl groups is 1. The Kier molecular flexibility index (Phi) is 7.36. The van der Waals surface area contributed by atoms with Gasteiger partial charge in [-0.15, -0.1) is 0 Å². The molecule has 1 aromatic carbocycles. The van der Waals surface area contributed by atoms with E-state index in [0.29, 0.717) is 30.4 Å². The first-order chi connectivity index (χ1) is 12.7. The van der Waals surface area contributed by atoms with Crippen molar-refractivity contribution in [2.75, 3.05) is 6.61 Å². The van der Waals surface area contributed by atoms with Gasteiger partial charge in [0.05, 0.1) is 17.8 Å². The summed E-state index contributed by atoms with van der Waals surface area (Å²) in [7, 11) is 0. The summed E-state index contributed by atoms with van der Waals surface area (Å²) < 4.78 is 12.0. The second-order valence-corrected chi connectivity index (χ2v) is 7.42. The number of ether oxygens (including phenoxy) is 2. The predicted molar refractivity (Wildman–Crippen MR) is 106 cm³/mol. The van der Waals surface area contributed by atoms with E-state index in [-0.39, 0.29) is 18.8 Å². The van der Waals surface area contributed by atoms with Crippen LogP contribution in [0.3, 0.4) is 0 Å². The van der Waals surface area contributed by atoms with Gasteiger partial charge in [-0.25, -0.2) is 4.79 Å². The summed E-state index contributed by atoms with van der Waals surface area (Å²) in [4.78, 5) is 11.6. The largest absolute Gasteiger partial charge is 0.478 e. The highest BCUT2D eigenvalue weighted by atomic mass is 16.7. The Balaban J connectivity index is 2.10. The molecule has 148 valence electrons. The summed E-state index contributed by atoms with van der Waals surface area (Å²) in [5.74, 6) is -1.55. The topological polar surface area (TPSA) is 76.0 Å². The molecule has 0 aliphatic carbocycles. The van der Waals surface area contributed by atoms with Crippen LogP contribution in [0.15, 0.2) is 30.4 Å². The fraction of sp³-hybridized carbons (Fsp3) is 0.500. The van der Waals surface area contributed by atoms with Gasteiger partial charge in [0, 0.05) is 6.61 Å². The fourth-order valence-electron chi connectivity index (χ4n) is 3.48. The van der Waals surface area contributed by atoms with E-state index < -0.39 is 11.8 Å². The maximum atomic E-state index is 11.6. The fourth-order valence-corrected chi connectivity index (χ4v) is 3.48. The number of carboxylic acids is 1. The highest BCUT2D eigenvalue weighted by Gasteiger charge is 2.39. The van der Waals surface area contributed by atoms with Crippen LogP contribution < -0.4 is 0 Å². The lowest BCUT2D eigenvalue weighted by atomic mass is 9.98. The zero-order valence-corrected chi connectivity index (χ0v) is 16.6. The normalized spacial score (nSPS) is 22.1. The van der Waals surface area contributed by atoms with Gasteiger partial charge in [-0.3, -0.25) is 0 Å². The van der Waals surface area contributed by atoms with Crippen LogP contribution in [-0.4, -0.2) is 40.8 Å². The third kappa shape index (κ3) is 6.03. The lowest BCUT2D eigenvalue weighted by Crippen LogP contribution is -2.21. The molecule has 2 N–H and O–H groups in total. The standard InChI is InChI=1S/C22H30O5/c1-15-13-16(2)20(21(24)25)17(14-15)9-8-11-19-18(10-6-5-7-12-23)26-22(3,4)27-19/h5-6,8-9,13-14,18-19,23H,7,10-12H2,1-4H3,(H,24,25)/b6-5-,9-8+/t18?,19-/m0/s1. The van der Waals surface area contributed by atoms with Gasteiger partial charge >= 0.3 is 5.97 Å². The van der Waals surface area contributed by atoms with E-state index in [9.17, 15) is 9.90 Å². The van der Waals surface area contributed by atoms with Gasteiger partial charge in [-0.2, -0.15) is 0 Å². The number of rotatable bonds is 8. The van der Waals surface area contributed by atoms with E-state index >= 15 is 0 Å². The van der Waals surface area contributed by atoms with Crippen molar-refractivity contribution in [3.05, 3.63) is 52.6 Å². The molecule has 27 heavy (non-hydrogen) atoms. The third-order valence-electron chi connectivity index (χ3n) is 4.51. The van der Waals surface area contributed by atoms with Gasteiger partial charge in [0.25, 0.3) is 0 Å². The molecule has 1 aliphatic rings. The number of aryl methyl sites for hydroxylation is 2. The summed E-state index contributed by atoms with van der Waals surface area (Å²) in [5.41, 5.74) is 2.84. The molecule has 5 nitrogen and oxygen atoms in total. The molecule has 0 spiro atoms. The van der Waals surface area contributed by atoms with Gasteiger partial charge in [0.2, 0.25) is 0 Å². The first-order valence-corrected chi connectivity index (χ1v) is 9.36. The smallest absolute Gasteiger partial charge is 0.336 e. The van der Waals surface area contributed by atoms with E-state index in [1.54, 1.807) is 0 Å². The molecular weight excluding hydrogens is 344 g/mol. The van der Waals surface area contributed by atoms with Crippen LogP contribution >= 0.6 is 0 Å². The molecule has 1 unspecified atom stereocenters. The average molecular weight is 374 g/mol. The number of hydrogen-bond donors (Lipinski definition) is 2. The zero-order chi connectivity index (χ0) is 20.0. The van der Waals surface area contributed by atoms with Crippen LogP contribution in [0.4, 0.5) is 0 Å². The second kappa shape index (κ2) is 9.31. The first-order valence-electron chi connectivity index (χ1n) is 9.36. The van der Waals surface area contributed by atoms with E-state index in [0.717, 1.165) is 11.1 Å². The molecule has 1 heterocycles. The van der Waals surface area contributed by atoms with Crippen LogP contribution in [0.2, 0.25) is 0 Å². The predicted octanol–water partition coefficient (Wildman–Crippen LogP) is 4.25. The summed E-state index contributed by atoms with van der Waals surface area (Å²) in [6.07, 6.45) is 9.57. The highest BCUT2D eigenvalue weighted by Crippen LogP contribution is 2.32. The minimum Gasteiger partial charge on any atom is -0.478 e. The Labute approximate surface area is 161 Å². The van der Waals surface area contributed by atoms with Gasteiger partial charge in [0.15, 0.2) is 5.79 Å². The highest BCUT2D eigenvalue weighted by molar-refractivity contribution is 5.94. The molecule has 1 aromatic rings. The van der Waals surface area contributed by atoms with Crippen LogP contribution in [0, 0.1) is 13.8 Å². The Morgan fingerprint density at radius 2 is 1.74 bits per heavy atom. The molecule has 1 saturated heterocycles. The van der Waals surface area contributed by atoms with Crippen molar-refractivity contribution in [2.24, 2.45) is 0 Å². The molecule has 2 atom stereocenters. The quantitative estimate of drug-likeness (QED) is 0.665. The van der Waals surface area contributed by atoms with Gasteiger partial charge in [-0.05, 0) is 58.1 Å². The SMILES string of the molecule is Cc1cc(C)c(C(=O)O)c(/C=C/C[C@@H]2OC(C)(C)OC2C/C=C\CCO)c1. The Hall–Kier alpha value is -1.95. The van der Waals surface area contributed by atoms with E-state index in [4.69, 9.17) is 14.6 Å². The number of aromatic carboxylic acids is 1. The molecule has 5 heteroatoms. The minimum absolute atomic E-state index is 0.0715. The van der Waals surface area contributed by atoms with Crippen molar-refractivity contribution in [1.82, 2.24) is 0 Å². The monoisotopic (exact) mass is 374 g/mol. The maximum absolute atomic E-state index is 11.6. The molecule has 0 saturated carbocycles. The molecule has 2 rings (SSSR count). The van der Waals surface area contributed by atoms with Crippen molar-refractivity contribution in [3.63, 3.8) is 0 Å².